The zero-order chi connectivity index (χ0) is 18.1. The summed E-state index contributed by atoms with van der Waals surface area (Å²) in [4.78, 5) is 24.0. The van der Waals surface area contributed by atoms with Gasteiger partial charge in [0.2, 0.25) is 11.8 Å². The summed E-state index contributed by atoms with van der Waals surface area (Å²) < 4.78 is 0. The summed E-state index contributed by atoms with van der Waals surface area (Å²) in [6.07, 6.45) is 6.22. The lowest BCUT2D eigenvalue weighted by molar-refractivity contribution is -0.126. The lowest BCUT2D eigenvalue weighted by Gasteiger charge is -2.24. The number of aliphatic hydroxyl groups is 1. The fourth-order valence-corrected chi connectivity index (χ4v) is 3.33. The van der Waals surface area contributed by atoms with Gasteiger partial charge in [0, 0.05) is 25.0 Å². The van der Waals surface area contributed by atoms with Gasteiger partial charge in [-0.2, -0.15) is 0 Å². The molecule has 2 amide bonds. The maximum Gasteiger partial charge on any atom is 0.239 e. The van der Waals surface area contributed by atoms with Crippen molar-refractivity contribution < 1.29 is 14.7 Å². The number of benzene rings is 1. The summed E-state index contributed by atoms with van der Waals surface area (Å²) in [5, 5.41) is 15.2. The Morgan fingerprint density at radius 3 is 2.52 bits per heavy atom. The van der Waals surface area contributed by atoms with Crippen molar-refractivity contribution in [1.82, 2.24) is 10.6 Å². The van der Waals surface area contributed by atoms with Gasteiger partial charge in [0.15, 0.2) is 0 Å². The van der Waals surface area contributed by atoms with Crippen LogP contribution in [0.2, 0.25) is 0 Å². The SMILES string of the molecule is Cc1ccc(CCC(=O)NCC(=O)NC2CCCCCC2CO)cc1. The smallest absolute Gasteiger partial charge is 0.239 e. The number of carbonyl (C=O) groups is 2. The molecule has 0 radical (unpaired) electrons. The van der Waals surface area contributed by atoms with E-state index in [4.69, 9.17) is 0 Å². The summed E-state index contributed by atoms with van der Waals surface area (Å²) in [5.41, 5.74) is 2.32. The van der Waals surface area contributed by atoms with Crippen molar-refractivity contribution in [1.29, 1.82) is 0 Å². The van der Waals surface area contributed by atoms with Crippen LogP contribution in [-0.2, 0) is 16.0 Å². The van der Waals surface area contributed by atoms with Crippen LogP contribution in [0.3, 0.4) is 0 Å². The molecule has 0 bridgehead atoms. The summed E-state index contributed by atoms with van der Waals surface area (Å²) in [7, 11) is 0. The molecule has 5 heteroatoms. The van der Waals surface area contributed by atoms with E-state index >= 15 is 0 Å². The predicted octanol–water partition coefficient (Wildman–Crippen LogP) is 2.10. The Hall–Kier alpha value is -1.88. The van der Waals surface area contributed by atoms with E-state index in [1.165, 1.54) is 5.56 Å². The molecular formula is C20H30N2O3. The van der Waals surface area contributed by atoms with Gasteiger partial charge in [0.1, 0.15) is 0 Å². The van der Waals surface area contributed by atoms with Crippen LogP contribution in [0.1, 0.15) is 49.7 Å². The molecule has 5 nitrogen and oxygen atoms in total. The van der Waals surface area contributed by atoms with Gasteiger partial charge < -0.3 is 15.7 Å². The number of hydrogen-bond acceptors (Lipinski definition) is 3. The molecule has 0 aliphatic heterocycles. The molecule has 0 saturated heterocycles. The second kappa shape index (κ2) is 10.2. The molecule has 1 aromatic carbocycles. The van der Waals surface area contributed by atoms with E-state index in [1.807, 2.05) is 31.2 Å². The summed E-state index contributed by atoms with van der Waals surface area (Å²) in [5.74, 6) is -0.159. The Bertz CT molecular complexity index is 557. The Kier molecular flexibility index (Phi) is 7.92. The van der Waals surface area contributed by atoms with Crippen LogP contribution in [-0.4, -0.2) is 36.1 Å². The van der Waals surface area contributed by atoms with Gasteiger partial charge in [-0.25, -0.2) is 0 Å². The molecule has 0 spiro atoms. The van der Waals surface area contributed by atoms with Crippen LogP contribution >= 0.6 is 0 Å². The van der Waals surface area contributed by atoms with Crippen LogP contribution in [0.25, 0.3) is 0 Å². The highest BCUT2D eigenvalue weighted by Crippen LogP contribution is 2.23. The van der Waals surface area contributed by atoms with E-state index in [2.05, 4.69) is 10.6 Å². The first-order valence-corrected chi connectivity index (χ1v) is 9.31. The van der Waals surface area contributed by atoms with Crippen molar-refractivity contribution in [3.63, 3.8) is 0 Å². The van der Waals surface area contributed by atoms with Crippen molar-refractivity contribution in [2.75, 3.05) is 13.2 Å². The Balaban J connectivity index is 1.69. The second-order valence-electron chi connectivity index (χ2n) is 7.02. The Morgan fingerprint density at radius 2 is 1.80 bits per heavy atom. The molecule has 138 valence electrons. The molecule has 25 heavy (non-hydrogen) atoms. The van der Waals surface area contributed by atoms with Crippen LogP contribution < -0.4 is 10.6 Å². The number of rotatable bonds is 7. The third-order valence-corrected chi connectivity index (χ3v) is 4.95. The topological polar surface area (TPSA) is 78.4 Å². The van der Waals surface area contributed by atoms with Crippen LogP contribution in [0.5, 0.6) is 0 Å². The largest absolute Gasteiger partial charge is 0.396 e. The molecule has 2 unspecified atom stereocenters. The van der Waals surface area contributed by atoms with Gasteiger partial charge in [0.05, 0.1) is 6.54 Å². The lowest BCUT2D eigenvalue weighted by atomic mass is 9.95. The fraction of sp³-hybridized carbons (Fsp3) is 0.600. The van der Waals surface area contributed by atoms with Crippen molar-refractivity contribution in [2.24, 2.45) is 5.92 Å². The van der Waals surface area contributed by atoms with E-state index in [0.29, 0.717) is 12.8 Å². The Labute approximate surface area is 150 Å². The molecule has 1 fully saturated rings. The normalized spacial score (nSPS) is 20.6. The van der Waals surface area contributed by atoms with E-state index in [9.17, 15) is 14.7 Å². The van der Waals surface area contributed by atoms with E-state index < -0.39 is 0 Å². The van der Waals surface area contributed by atoms with Crippen LogP contribution in [0.4, 0.5) is 0 Å². The molecule has 2 atom stereocenters. The first-order chi connectivity index (χ1) is 12.1. The third kappa shape index (κ3) is 6.86. The molecule has 2 rings (SSSR count). The zero-order valence-electron chi connectivity index (χ0n) is 15.1. The first-order valence-electron chi connectivity index (χ1n) is 9.31. The zero-order valence-corrected chi connectivity index (χ0v) is 15.1. The van der Waals surface area contributed by atoms with Gasteiger partial charge in [-0.3, -0.25) is 9.59 Å². The number of aliphatic hydroxyl groups excluding tert-OH is 1. The molecule has 1 aromatic rings. The van der Waals surface area contributed by atoms with Crippen molar-refractivity contribution in [3.8, 4) is 0 Å². The minimum absolute atomic E-state index is 0.00137. The Morgan fingerprint density at radius 1 is 1.08 bits per heavy atom. The lowest BCUT2D eigenvalue weighted by Crippen LogP contribution is -2.45. The summed E-state index contributed by atoms with van der Waals surface area (Å²) >= 11 is 0. The second-order valence-corrected chi connectivity index (χ2v) is 7.02. The van der Waals surface area contributed by atoms with Gasteiger partial charge in [0.25, 0.3) is 0 Å². The number of aryl methyl sites for hydroxylation is 2. The van der Waals surface area contributed by atoms with Crippen LogP contribution in [0.15, 0.2) is 24.3 Å². The maximum atomic E-state index is 12.1. The molecule has 0 heterocycles. The first kappa shape index (κ1) is 19.4. The number of carbonyl (C=O) groups excluding carboxylic acids is 2. The highest BCUT2D eigenvalue weighted by atomic mass is 16.3. The fourth-order valence-electron chi connectivity index (χ4n) is 3.33. The molecule has 1 saturated carbocycles. The van der Waals surface area contributed by atoms with Gasteiger partial charge in [-0.15, -0.1) is 0 Å². The molecule has 0 aromatic heterocycles. The van der Waals surface area contributed by atoms with Crippen molar-refractivity contribution >= 4 is 11.8 Å². The standard InChI is InChI=1S/C20H30N2O3/c1-15-7-9-16(10-8-15)11-12-19(24)21-13-20(25)22-18-6-4-2-3-5-17(18)14-23/h7-10,17-18,23H,2-6,11-14H2,1H3,(H,21,24)(H,22,25). The highest BCUT2D eigenvalue weighted by Gasteiger charge is 2.24. The van der Waals surface area contributed by atoms with Gasteiger partial charge in [-0.05, 0) is 31.7 Å². The number of amides is 2. The van der Waals surface area contributed by atoms with E-state index in [0.717, 1.165) is 37.7 Å². The molecule has 1 aliphatic rings. The molecular weight excluding hydrogens is 316 g/mol. The van der Waals surface area contributed by atoms with E-state index in [1.54, 1.807) is 0 Å². The third-order valence-electron chi connectivity index (χ3n) is 4.95. The minimum Gasteiger partial charge on any atom is -0.396 e. The number of nitrogens with one attached hydrogen (secondary N) is 2. The summed E-state index contributed by atoms with van der Waals surface area (Å²) in [6.45, 7) is 2.14. The average Bonchev–Trinajstić information content (AvgIpc) is 2.84. The highest BCUT2D eigenvalue weighted by molar-refractivity contribution is 5.84. The van der Waals surface area contributed by atoms with Gasteiger partial charge >= 0.3 is 0 Å². The monoisotopic (exact) mass is 346 g/mol. The minimum atomic E-state index is -0.172. The van der Waals surface area contributed by atoms with Gasteiger partial charge in [-0.1, -0.05) is 49.1 Å². The van der Waals surface area contributed by atoms with Crippen LogP contribution in [0, 0.1) is 12.8 Å². The molecule has 1 aliphatic carbocycles. The summed E-state index contributed by atoms with van der Waals surface area (Å²) in [6, 6.07) is 8.13. The number of hydrogen-bond donors (Lipinski definition) is 3. The van der Waals surface area contributed by atoms with Crippen molar-refractivity contribution in [2.45, 2.75) is 57.9 Å². The van der Waals surface area contributed by atoms with Crippen molar-refractivity contribution in [3.05, 3.63) is 35.4 Å². The predicted molar refractivity (Wildman–Crippen MR) is 98.1 cm³/mol. The molecule has 3 N–H and O–H groups in total. The maximum absolute atomic E-state index is 12.1. The average molecular weight is 346 g/mol. The quantitative estimate of drug-likeness (QED) is 0.662. The van der Waals surface area contributed by atoms with E-state index in [-0.39, 0.29) is 36.9 Å².